The first-order valence-corrected chi connectivity index (χ1v) is 9.64. The average molecular weight is 458 g/mol. The van der Waals surface area contributed by atoms with Crippen LogP contribution in [0.2, 0.25) is 0 Å². The molecule has 25 heavy (non-hydrogen) atoms. The van der Waals surface area contributed by atoms with E-state index in [0.717, 1.165) is 32.0 Å². The lowest BCUT2D eigenvalue weighted by molar-refractivity contribution is 0.330. The number of guanidine groups is 1. The van der Waals surface area contributed by atoms with Gasteiger partial charge in [0.1, 0.15) is 0 Å². The standard InChI is InChI=1S/C20H34N4.HI/c1-3-18-11-5-6-12-19(18)17-23-20(21-4-2)22-13-7-8-14-24-15-9-10-16-24;/h5-6,11-12H,3-4,7-10,13-17H2,1-2H3,(H2,21,22,23);1H. The van der Waals surface area contributed by atoms with Gasteiger partial charge in [0.05, 0.1) is 6.54 Å². The molecule has 1 heterocycles. The molecule has 1 saturated heterocycles. The molecule has 0 saturated carbocycles. The number of benzene rings is 1. The van der Waals surface area contributed by atoms with Gasteiger partial charge in [-0.3, -0.25) is 0 Å². The zero-order valence-electron chi connectivity index (χ0n) is 15.9. The van der Waals surface area contributed by atoms with Crippen LogP contribution >= 0.6 is 24.0 Å². The third kappa shape index (κ3) is 8.40. The topological polar surface area (TPSA) is 39.7 Å². The van der Waals surface area contributed by atoms with Gasteiger partial charge >= 0.3 is 0 Å². The first kappa shape index (κ1) is 22.2. The highest BCUT2D eigenvalue weighted by Gasteiger charge is 2.10. The Labute approximate surface area is 170 Å². The third-order valence-electron chi connectivity index (χ3n) is 4.64. The molecule has 0 spiro atoms. The highest BCUT2D eigenvalue weighted by atomic mass is 127. The molecule has 1 aromatic carbocycles. The molecule has 0 atom stereocenters. The maximum absolute atomic E-state index is 4.75. The van der Waals surface area contributed by atoms with Gasteiger partial charge in [0, 0.05) is 13.1 Å². The van der Waals surface area contributed by atoms with E-state index in [1.54, 1.807) is 0 Å². The molecule has 1 aliphatic heterocycles. The molecule has 0 aliphatic carbocycles. The summed E-state index contributed by atoms with van der Waals surface area (Å²) in [6.45, 7) is 10.8. The summed E-state index contributed by atoms with van der Waals surface area (Å²) in [5, 5.41) is 6.82. The molecule has 4 nitrogen and oxygen atoms in total. The Hall–Kier alpha value is -0.820. The largest absolute Gasteiger partial charge is 0.357 e. The molecule has 1 fully saturated rings. The van der Waals surface area contributed by atoms with Gasteiger partial charge in [-0.15, -0.1) is 24.0 Å². The first-order valence-electron chi connectivity index (χ1n) is 9.64. The second-order valence-electron chi connectivity index (χ2n) is 6.50. The number of unbranched alkanes of at least 4 members (excludes halogenated alkanes) is 1. The van der Waals surface area contributed by atoms with Crippen molar-refractivity contribution in [1.82, 2.24) is 15.5 Å². The Balaban J connectivity index is 0.00000312. The van der Waals surface area contributed by atoms with Crippen molar-refractivity contribution in [2.24, 2.45) is 4.99 Å². The number of likely N-dealkylation sites (tertiary alicyclic amines) is 1. The van der Waals surface area contributed by atoms with Gasteiger partial charge < -0.3 is 15.5 Å². The molecule has 0 radical (unpaired) electrons. The Morgan fingerprint density at radius 2 is 1.76 bits per heavy atom. The van der Waals surface area contributed by atoms with Gasteiger partial charge in [0.15, 0.2) is 5.96 Å². The van der Waals surface area contributed by atoms with Crippen molar-refractivity contribution < 1.29 is 0 Å². The van der Waals surface area contributed by atoms with E-state index in [-0.39, 0.29) is 24.0 Å². The maximum Gasteiger partial charge on any atom is 0.191 e. The number of aryl methyl sites for hydroxylation is 1. The number of nitrogens with one attached hydrogen (secondary N) is 2. The lowest BCUT2D eigenvalue weighted by atomic mass is 10.1. The summed E-state index contributed by atoms with van der Waals surface area (Å²) < 4.78 is 0. The Kier molecular flexibility index (Phi) is 11.9. The number of halogens is 1. The van der Waals surface area contributed by atoms with Crippen LogP contribution in [0.3, 0.4) is 0 Å². The van der Waals surface area contributed by atoms with Crippen LogP contribution < -0.4 is 10.6 Å². The summed E-state index contributed by atoms with van der Waals surface area (Å²) in [7, 11) is 0. The number of aliphatic imine (C=N–C) groups is 1. The normalized spacial score (nSPS) is 15.0. The van der Waals surface area contributed by atoms with Gasteiger partial charge in [-0.1, -0.05) is 31.2 Å². The predicted octanol–water partition coefficient (Wildman–Crippen LogP) is 3.80. The molecule has 2 N–H and O–H groups in total. The second kappa shape index (κ2) is 13.4. The van der Waals surface area contributed by atoms with E-state index in [9.17, 15) is 0 Å². The number of hydrogen-bond donors (Lipinski definition) is 2. The zero-order chi connectivity index (χ0) is 17.0. The van der Waals surface area contributed by atoms with Crippen molar-refractivity contribution in [2.75, 3.05) is 32.7 Å². The fraction of sp³-hybridized carbons (Fsp3) is 0.650. The van der Waals surface area contributed by atoms with Gasteiger partial charge in [0.2, 0.25) is 0 Å². The fourth-order valence-electron chi connectivity index (χ4n) is 3.24. The Morgan fingerprint density at radius 1 is 1.04 bits per heavy atom. The Bertz CT molecular complexity index is 498. The van der Waals surface area contributed by atoms with Crippen LogP contribution in [-0.2, 0) is 13.0 Å². The third-order valence-corrected chi connectivity index (χ3v) is 4.64. The fourth-order valence-corrected chi connectivity index (χ4v) is 3.24. The minimum absolute atomic E-state index is 0. The minimum atomic E-state index is 0. The molecule has 5 heteroatoms. The maximum atomic E-state index is 4.75. The van der Waals surface area contributed by atoms with Gasteiger partial charge in [-0.2, -0.15) is 0 Å². The average Bonchev–Trinajstić information content (AvgIpc) is 3.13. The molecular weight excluding hydrogens is 423 g/mol. The van der Waals surface area contributed by atoms with E-state index in [2.05, 4.69) is 53.6 Å². The van der Waals surface area contributed by atoms with Crippen LogP contribution in [0.5, 0.6) is 0 Å². The monoisotopic (exact) mass is 458 g/mol. The Morgan fingerprint density at radius 3 is 2.44 bits per heavy atom. The quantitative estimate of drug-likeness (QED) is 0.256. The molecule has 1 aliphatic rings. The summed E-state index contributed by atoms with van der Waals surface area (Å²) in [5.74, 6) is 0.935. The SMILES string of the molecule is CCNC(=NCc1ccccc1CC)NCCCCN1CCCC1.I. The van der Waals surface area contributed by atoms with Gasteiger partial charge in [-0.05, 0) is 69.8 Å². The van der Waals surface area contributed by atoms with Crippen molar-refractivity contribution in [1.29, 1.82) is 0 Å². The van der Waals surface area contributed by atoms with Crippen molar-refractivity contribution in [2.45, 2.75) is 52.5 Å². The summed E-state index contributed by atoms with van der Waals surface area (Å²) >= 11 is 0. The highest BCUT2D eigenvalue weighted by molar-refractivity contribution is 14.0. The van der Waals surface area contributed by atoms with Crippen LogP contribution in [0.4, 0.5) is 0 Å². The van der Waals surface area contributed by atoms with Gasteiger partial charge in [0.25, 0.3) is 0 Å². The number of nitrogens with zero attached hydrogens (tertiary/aromatic N) is 2. The van der Waals surface area contributed by atoms with E-state index in [4.69, 9.17) is 4.99 Å². The summed E-state index contributed by atoms with van der Waals surface area (Å²) in [5.41, 5.74) is 2.72. The van der Waals surface area contributed by atoms with E-state index in [1.807, 2.05) is 0 Å². The van der Waals surface area contributed by atoms with Crippen LogP contribution in [0, 0.1) is 0 Å². The van der Waals surface area contributed by atoms with Crippen LogP contribution in [0.15, 0.2) is 29.3 Å². The summed E-state index contributed by atoms with van der Waals surface area (Å²) in [4.78, 5) is 7.34. The molecule has 0 aromatic heterocycles. The van der Waals surface area contributed by atoms with E-state index < -0.39 is 0 Å². The second-order valence-corrected chi connectivity index (χ2v) is 6.50. The van der Waals surface area contributed by atoms with Crippen LogP contribution in [0.25, 0.3) is 0 Å². The first-order chi connectivity index (χ1) is 11.8. The van der Waals surface area contributed by atoms with Crippen LogP contribution in [0.1, 0.15) is 50.7 Å². The minimum Gasteiger partial charge on any atom is -0.357 e. The highest BCUT2D eigenvalue weighted by Crippen LogP contribution is 2.10. The summed E-state index contributed by atoms with van der Waals surface area (Å²) in [6, 6.07) is 8.59. The molecular formula is C20H35IN4. The van der Waals surface area contributed by atoms with Crippen molar-refractivity contribution in [3.8, 4) is 0 Å². The van der Waals surface area contributed by atoms with Crippen LogP contribution in [-0.4, -0.2) is 43.6 Å². The van der Waals surface area contributed by atoms with Gasteiger partial charge in [-0.25, -0.2) is 4.99 Å². The lowest BCUT2D eigenvalue weighted by Crippen LogP contribution is -2.38. The molecule has 142 valence electrons. The smallest absolute Gasteiger partial charge is 0.191 e. The molecule has 0 amide bonds. The number of rotatable bonds is 9. The van der Waals surface area contributed by atoms with E-state index in [0.29, 0.717) is 0 Å². The lowest BCUT2D eigenvalue weighted by Gasteiger charge is -2.15. The van der Waals surface area contributed by atoms with Crippen molar-refractivity contribution in [3.63, 3.8) is 0 Å². The zero-order valence-corrected chi connectivity index (χ0v) is 18.2. The predicted molar refractivity (Wildman–Crippen MR) is 119 cm³/mol. The van der Waals surface area contributed by atoms with E-state index >= 15 is 0 Å². The van der Waals surface area contributed by atoms with Crippen molar-refractivity contribution >= 4 is 29.9 Å². The molecule has 1 aromatic rings. The number of hydrogen-bond acceptors (Lipinski definition) is 2. The van der Waals surface area contributed by atoms with E-state index in [1.165, 1.54) is 56.4 Å². The molecule has 2 rings (SSSR count). The summed E-state index contributed by atoms with van der Waals surface area (Å²) in [6.07, 6.45) is 6.30. The molecule has 0 bridgehead atoms. The van der Waals surface area contributed by atoms with Crippen molar-refractivity contribution in [3.05, 3.63) is 35.4 Å². The molecule has 0 unspecified atom stereocenters.